The van der Waals surface area contributed by atoms with Crippen LogP contribution in [0.25, 0.3) is 11.3 Å². The molecular formula is C23H27F3N4O3. The number of likely N-dealkylation sites (tertiary alicyclic amines) is 1. The van der Waals surface area contributed by atoms with Crippen molar-refractivity contribution in [2.45, 2.75) is 51.9 Å². The molecule has 10 heteroatoms. The number of carbonyl (C=O) groups excluding carboxylic acids is 1. The van der Waals surface area contributed by atoms with Crippen LogP contribution in [0.2, 0.25) is 0 Å². The van der Waals surface area contributed by atoms with Gasteiger partial charge in [0.05, 0.1) is 17.3 Å². The van der Waals surface area contributed by atoms with Gasteiger partial charge in [-0.2, -0.15) is 13.2 Å². The van der Waals surface area contributed by atoms with E-state index in [2.05, 4.69) is 15.1 Å². The van der Waals surface area contributed by atoms with Gasteiger partial charge < -0.3 is 19.6 Å². The van der Waals surface area contributed by atoms with Gasteiger partial charge in [0, 0.05) is 31.1 Å². The van der Waals surface area contributed by atoms with Gasteiger partial charge in [0.1, 0.15) is 11.4 Å². The Kier molecular flexibility index (Phi) is 5.66. The number of fused-ring (bicyclic) bond motifs is 1. The van der Waals surface area contributed by atoms with E-state index in [0.29, 0.717) is 36.6 Å². The molecule has 2 aliphatic rings. The Bertz CT molecular complexity index is 1030. The zero-order valence-corrected chi connectivity index (χ0v) is 19.0. The number of hydrogen-bond donors (Lipinski definition) is 1. The van der Waals surface area contributed by atoms with Crippen LogP contribution in [0.15, 0.2) is 24.3 Å². The van der Waals surface area contributed by atoms with E-state index in [9.17, 15) is 23.1 Å². The van der Waals surface area contributed by atoms with Gasteiger partial charge in [-0.1, -0.05) is 0 Å². The van der Waals surface area contributed by atoms with E-state index in [0.717, 1.165) is 19.0 Å². The molecule has 3 heterocycles. The molecule has 2 unspecified atom stereocenters. The van der Waals surface area contributed by atoms with E-state index in [1.54, 1.807) is 17.0 Å². The summed E-state index contributed by atoms with van der Waals surface area (Å²) in [5, 5.41) is 18.7. The number of nitrogens with zero attached hydrogens (tertiary/aromatic N) is 4. The van der Waals surface area contributed by atoms with Crippen LogP contribution in [-0.2, 0) is 10.9 Å². The zero-order chi connectivity index (χ0) is 24.1. The first kappa shape index (κ1) is 23.1. The Labute approximate surface area is 190 Å². The number of anilines is 1. The van der Waals surface area contributed by atoms with Crippen LogP contribution in [0.5, 0.6) is 5.75 Å². The quantitative estimate of drug-likeness (QED) is 0.699. The summed E-state index contributed by atoms with van der Waals surface area (Å²) in [7, 11) is 0. The summed E-state index contributed by atoms with van der Waals surface area (Å²) in [6, 6.07) is 5.17. The largest absolute Gasteiger partial charge is 0.507 e. The highest BCUT2D eigenvalue weighted by molar-refractivity contribution is 5.72. The van der Waals surface area contributed by atoms with Crippen molar-refractivity contribution in [3.05, 3.63) is 35.4 Å². The summed E-state index contributed by atoms with van der Waals surface area (Å²) in [5.41, 5.74) is -0.699. The fourth-order valence-corrected chi connectivity index (χ4v) is 4.60. The second-order valence-electron chi connectivity index (χ2n) is 9.66. The normalized spacial score (nSPS) is 20.8. The molecule has 1 aromatic carbocycles. The highest BCUT2D eigenvalue weighted by Gasteiger charge is 2.44. The minimum Gasteiger partial charge on any atom is -0.507 e. The molecule has 178 valence electrons. The molecule has 0 aliphatic carbocycles. The van der Waals surface area contributed by atoms with Crippen molar-refractivity contribution in [2.24, 2.45) is 5.92 Å². The lowest BCUT2D eigenvalue weighted by molar-refractivity contribution is -0.137. The molecule has 1 N–H and O–H groups in total. The van der Waals surface area contributed by atoms with E-state index >= 15 is 0 Å². The van der Waals surface area contributed by atoms with E-state index in [1.165, 1.54) is 6.92 Å². The Balaban J connectivity index is 1.51. The number of phenolic OH excluding ortho intramolecular Hbond substituents is 1. The summed E-state index contributed by atoms with van der Waals surface area (Å²) in [4.78, 5) is 16.3. The number of aryl methyl sites for hydroxylation is 1. The van der Waals surface area contributed by atoms with Crippen molar-refractivity contribution in [1.82, 2.24) is 15.1 Å². The van der Waals surface area contributed by atoms with Crippen LogP contribution in [0.3, 0.4) is 0 Å². The zero-order valence-electron chi connectivity index (χ0n) is 19.0. The monoisotopic (exact) mass is 464 g/mol. The van der Waals surface area contributed by atoms with Crippen LogP contribution in [0.4, 0.5) is 23.8 Å². The molecule has 33 heavy (non-hydrogen) atoms. The molecule has 2 saturated heterocycles. The number of hydrogen-bond acceptors (Lipinski definition) is 6. The fraction of sp³-hybridized carbons (Fsp3) is 0.522. The molecule has 0 spiro atoms. The molecule has 2 fully saturated rings. The maximum Gasteiger partial charge on any atom is 0.416 e. The first-order valence-corrected chi connectivity index (χ1v) is 10.8. The summed E-state index contributed by atoms with van der Waals surface area (Å²) in [6.45, 7) is 8.93. The third-order valence-corrected chi connectivity index (χ3v) is 6.04. The number of ether oxygens (including phenoxy) is 1. The predicted octanol–water partition coefficient (Wildman–Crippen LogP) is 4.62. The fourth-order valence-electron chi connectivity index (χ4n) is 4.60. The van der Waals surface area contributed by atoms with Gasteiger partial charge in [-0.3, -0.25) is 0 Å². The minimum atomic E-state index is -4.54. The lowest BCUT2D eigenvalue weighted by atomic mass is 10.0. The van der Waals surface area contributed by atoms with E-state index in [4.69, 9.17) is 4.74 Å². The van der Waals surface area contributed by atoms with Crippen LogP contribution in [0.1, 0.15) is 38.3 Å². The first-order chi connectivity index (χ1) is 15.3. The maximum atomic E-state index is 13.0. The number of amides is 1. The number of rotatable bonds is 2. The molecule has 0 saturated carbocycles. The molecule has 7 nitrogen and oxygen atoms in total. The molecular weight excluding hydrogens is 437 g/mol. The third kappa shape index (κ3) is 4.69. The molecule has 4 rings (SSSR count). The lowest BCUT2D eigenvalue weighted by Crippen LogP contribution is -2.39. The molecule has 2 atom stereocenters. The average molecular weight is 464 g/mol. The van der Waals surface area contributed by atoms with Crippen LogP contribution < -0.4 is 4.90 Å². The smallest absolute Gasteiger partial charge is 0.416 e. The Morgan fingerprint density at radius 3 is 2.45 bits per heavy atom. The number of phenols is 1. The van der Waals surface area contributed by atoms with Gasteiger partial charge in [-0.15, -0.1) is 10.2 Å². The van der Waals surface area contributed by atoms with Gasteiger partial charge in [0.25, 0.3) is 0 Å². The van der Waals surface area contributed by atoms with E-state index in [1.807, 2.05) is 20.8 Å². The van der Waals surface area contributed by atoms with Crippen LogP contribution in [0, 0.1) is 12.8 Å². The number of halogens is 3. The SMILES string of the molecule is Cc1cc(C(F)(F)F)cc(O)c1-c1ccc(N2CCC3CN(C(=O)OC(C)(C)C)CC32)nn1. The van der Waals surface area contributed by atoms with Crippen molar-refractivity contribution >= 4 is 11.9 Å². The second kappa shape index (κ2) is 8.07. The summed E-state index contributed by atoms with van der Waals surface area (Å²) < 4.78 is 44.5. The first-order valence-electron chi connectivity index (χ1n) is 10.8. The Morgan fingerprint density at radius 2 is 1.88 bits per heavy atom. The summed E-state index contributed by atoms with van der Waals surface area (Å²) >= 11 is 0. The predicted molar refractivity (Wildman–Crippen MR) is 116 cm³/mol. The van der Waals surface area contributed by atoms with Crippen molar-refractivity contribution in [1.29, 1.82) is 0 Å². The second-order valence-corrected chi connectivity index (χ2v) is 9.66. The summed E-state index contributed by atoms with van der Waals surface area (Å²) in [5.74, 6) is 0.441. The van der Waals surface area contributed by atoms with Gasteiger partial charge in [-0.05, 0) is 63.9 Å². The highest BCUT2D eigenvalue weighted by Crippen LogP contribution is 2.39. The van der Waals surface area contributed by atoms with Gasteiger partial charge in [0.2, 0.25) is 0 Å². The highest BCUT2D eigenvalue weighted by atomic mass is 19.4. The van der Waals surface area contributed by atoms with E-state index < -0.39 is 23.1 Å². The van der Waals surface area contributed by atoms with Crippen molar-refractivity contribution in [3.8, 4) is 17.0 Å². The number of aromatic nitrogens is 2. The Hall–Kier alpha value is -3.04. The molecule has 1 aromatic heterocycles. The van der Waals surface area contributed by atoms with Crippen molar-refractivity contribution in [3.63, 3.8) is 0 Å². The Morgan fingerprint density at radius 1 is 1.15 bits per heavy atom. The maximum absolute atomic E-state index is 13.0. The molecule has 2 aromatic rings. The van der Waals surface area contributed by atoms with Crippen LogP contribution >= 0.6 is 0 Å². The lowest BCUT2D eigenvalue weighted by Gasteiger charge is -2.27. The van der Waals surface area contributed by atoms with Gasteiger partial charge in [-0.25, -0.2) is 4.79 Å². The topological polar surface area (TPSA) is 78.8 Å². The number of aromatic hydroxyl groups is 1. The van der Waals surface area contributed by atoms with E-state index in [-0.39, 0.29) is 23.3 Å². The van der Waals surface area contributed by atoms with Gasteiger partial charge in [0.15, 0.2) is 5.82 Å². The van der Waals surface area contributed by atoms with Crippen LogP contribution in [-0.4, -0.2) is 57.6 Å². The number of carbonyl (C=O) groups is 1. The summed E-state index contributed by atoms with van der Waals surface area (Å²) in [6.07, 6.45) is -3.96. The standard InChI is InChI=1S/C23H27F3N4O3/c1-13-9-15(23(24,25)26)10-18(31)20(13)16-5-6-19(28-27-16)30-8-7-14-11-29(12-17(14)30)21(32)33-22(2,3)4/h5-6,9-10,14,17,31H,7-8,11-12H2,1-4H3. The number of benzene rings is 1. The minimum absolute atomic E-state index is 0.0962. The third-order valence-electron chi connectivity index (χ3n) is 6.04. The molecule has 1 amide bonds. The van der Waals surface area contributed by atoms with Crippen molar-refractivity contribution < 1.29 is 27.8 Å². The van der Waals surface area contributed by atoms with Crippen molar-refractivity contribution in [2.75, 3.05) is 24.5 Å². The molecule has 0 radical (unpaired) electrons. The van der Waals surface area contributed by atoms with Gasteiger partial charge >= 0.3 is 12.3 Å². The molecule has 0 bridgehead atoms. The average Bonchev–Trinajstić information content (AvgIpc) is 3.27. The number of alkyl halides is 3. The molecule has 2 aliphatic heterocycles.